The van der Waals surface area contributed by atoms with Gasteiger partial charge >= 0.3 is 0 Å². The predicted octanol–water partition coefficient (Wildman–Crippen LogP) is 3.56. The van der Waals surface area contributed by atoms with Crippen LogP contribution in [-0.2, 0) is 4.74 Å². The third-order valence-electron chi connectivity index (χ3n) is 4.44. The highest BCUT2D eigenvalue weighted by Gasteiger charge is 2.26. The van der Waals surface area contributed by atoms with E-state index in [9.17, 15) is 4.39 Å². The number of hydrogen-bond acceptors (Lipinski definition) is 5. The van der Waals surface area contributed by atoms with Crippen LogP contribution in [0.15, 0.2) is 54.9 Å². The molecule has 0 N–H and O–H groups in total. The highest BCUT2D eigenvalue weighted by atomic mass is 19.1. The molecular weight excluding hydrogens is 331 g/mol. The normalized spacial score (nSPS) is 17.3. The molecule has 6 heteroatoms. The van der Waals surface area contributed by atoms with E-state index in [-0.39, 0.29) is 11.9 Å². The van der Waals surface area contributed by atoms with Gasteiger partial charge in [-0.2, -0.15) is 0 Å². The molecule has 0 bridgehead atoms. The molecule has 0 spiro atoms. The van der Waals surface area contributed by atoms with Crippen LogP contribution in [0.1, 0.15) is 17.3 Å². The van der Waals surface area contributed by atoms with Gasteiger partial charge < -0.3 is 9.64 Å². The smallest absolute Gasteiger partial charge is 0.163 e. The molecule has 3 heterocycles. The third-order valence-corrected chi connectivity index (χ3v) is 4.44. The first-order chi connectivity index (χ1) is 12.7. The number of rotatable bonds is 3. The van der Waals surface area contributed by atoms with Crippen molar-refractivity contribution in [3.05, 3.63) is 71.9 Å². The van der Waals surface area contributed by atoms with E-state index in [0.717, 1.165) is 22.6 Å². The van der Waals surface area contributed by atoms with Crippen molar-refractivity contribution in [1.29, 1.82) is 0 Å². The third kappa shape index (κ3) is 3.41. The molecule has 4 rings (SSSR count). The summed E-state index contributed by atoms with van der Waals surface area (Å²) in [5.41, 5.74) is 2.77. The topological polar surface area (TPSA) is 51.1 Å². The minimum Gasteiger partial charge on any atom is -0.377 e. The van der Waals surface area contributed by atoms with Crippen molar-refractivity contribution in [2.24, 2.45) is 0 Å². The standard InChI is InChI=1S/C20H19FN4O/c1-14-11-19(24-20(23-14)16-3-2-8-22-12-16)25-9-10-26-13-18(25)15-4-6-17(21)7-5-15/h2-8,11-12,18H,9-10,13H2,1H3. The number of benzene rings is 1. The number of anilines is 1. The van der Waals surface area contributed by atoms with Gasteiger partial charge in [-0.3, -0.25) is 4.98 Å². The second kappa shape index (κ2) is 7.17. The van der Waals surface area contributed by atoms with Gasteiger partial charge in [0.05, 0.1) is 19.3 Å². The Bertz CT molecular complexity index is 886. The predicted molar refractivity (Wildman–Crippen MR) is 97.3 cm³/mol. The highest BCUT2D eigenvalue weighted by molar-refractivity contribution is 5.57. The summed E-state index contributed by atoms with van der Waals surface area (Å²) in [5, 5.41) is 0. The van der Waals surface area contributed by atoms with E-state index >= 15 is 0 Å². The van der Waals surface area contributed by atoms with Crippen LogP contribution in [0.3, 0.4) is 0 Å². The molecule has 1 unspecified atom stereocenters. The number of morpholine rings is 1. The van der Waals surface area contributed by atoms with Crippen LogP contribution in [0.5, 0.6) is 0 Å². The summed E-state index contributed by atoms with van der Waals surface area (Å²) in [5.74, 6) is 1.25. The van der Waals surface area contributed by atoms with Gasteiger partial charge in [0.25, 0.3) is 0 Å². The molecule has 0 aliphatic carbocycles. The number of hydrogen-bond donors (Lipinski definition) is 0. The molecule has 0 amide bonds. The monoisotopic (exact) mass is 350 g/mol. The molecule has 5 nitrogen and oxygen atoms in total. The molecule has 1 aromatic carbocycles. The van der Waals surface area contributed by atoms with Crippen LogP contribution >= 0.6 is 0 Å². The fourth-order valence-electron chi connectivity index (χ4n) is 3.16. The van der Waals surface area contributed by atoms with Crippen molar-refractivity contribution in [3.63, 3.8) is 0 Å². The molecule has 1 saturated heterocycles. The van der Waals surface area contributed by atoms with Crippen molar-refractivity contribution in [2.45, 2.75) is 13.0 Å². The van der Waals surface area contributed by atoms with Gasteiger partial charge in [-0.05, 0) is 36.8 Å². The Morgan fingerprint density at radius 2 is 2.00 bits per heavy atom. The number of ether oxygens (including phenoxy) is 1. The summed E-state index contributed by atoms with van der Waals surface area (Å²) in [4.78, 5) is 15.7. The molecule has 2 aromatic heterocycles. The Hall–Kier alpha value is -2.86. The van der Waals surface area contributed by atoms with Crippen molar-refractivity contribution in [3.8, 4) is 11.4 Å². The minimum absolute atomic E-state index is 0.0135. The summed E-state index contributed by atoms with van der Waals surface area (Å²) >= 11 is 0. The van der Waals surface area contributed by atoms with Crippen LogP contribution in [0.25, 0.3) is 11.4 Å². The van der Waals surface area contributed by atoms with Crippen LogP contribution in [-0.4, -0.2) is 34.7 Å². The number of pyridine rings is 1. The number of halogens is 1. The highest BCUT2D eigenvalue weighted by Crippen LogP contribution is 2.30. The van der Waals surface area contributed by atoms with Gasteiger partial charge in [0.15, 0.2) is 5.82 Å². The lowest BCUT2D eigenvalue weighted by Gasteiger charge is -2.37. The SMILES string of the molecule is Cc1cc(N2CCOCC2c2ccc(F)cc2)nc(-c2cccnc2)n1. The van der Waals surface area contributed by atoms with Gasteiger partial charge in [-0.15, -0.1) is 0 Å². The maximum absolute atomic E-state index is 13.3. The van der Waals surface area contributed by atoms with Gasteiger partial charge in [-0.25, -0.2) is 14.4 Å². The average molecular weight is 350 g/mol. The zero-order valence-corrected chi connectivity index (χ0v) is 14.5. The molecule has 3 aromatic rings. The second-order valence-electron chi connectivity index (χ2n) is 6.27. The maximum Gasteiger partial charge on any atom is 0.163 e. The quantitative estimate of drug-likeness (QED) is 0.723. The summed E-state index contributed by atoms with van der Waals surface area (Å²) in [6.07, 6.45) is 3.49. The molecule has 1 atom stereocenters. The summed E-state index contributed by atoms with van der Waals surface area (Å²) in [7, 11) is 0. The molecule has 1 aliphatic rings. The van der Waals surface area contributed by atoms with Crippen molar-refractivity contribution in [2.75, 3.05) is 24.7 Å². The van der Waals surface area contributed by atoms with Crippen LogP contribution in [0, 0.1) is 12.7 Å². The van der Waals surface area contributed by atoms with E-state index in [0.29, 0.717) is 25.6 Å². The van der Waals surface area contributed by atoms with Gasteiger partial charge in [-0.1, -0.05) is 12.1 Å². The number of aryl methyl sites for hydroxylation is 1. The Balaban J connectivity index is 1.72. The summed E-state index contributed by atoms with van der Waals surface area (Å²) in [6, 6.07) is 12.3. The van der Waals surface area contributed by atoms with Crippen molar-refractivity contribution in [1.82, 2.24) is 15.0 Å². The Kier molecular flexibility index (Phi) is 4.58. The number of nitrogens with zero attached hydrogens (tertiary/aromatic N) is 4. The lowest BCUT2D eigenvalue weighted by molar-refractivity contribution is 0.0937. The fourth-order valence-corrected chi connectivity index (χ4v) is 3.16. The van der Waals surface area contributed by atoms with Crippen molar-refractivity contribution < 1.29 is 9.13 Å². The fraction of sp³-hybridized carbons (Fsp3) is 0.250. The van der Waals surface area contributed by atoms with E-state index in [2.05, 4.69) is 14.9 Å². The van der Waals surface area contributed by atoms with Gasteiger partial charge in [0.2, 0.25) is 0 Å². The van der Waals surface area contributed by atoms with Crippen molar-refractivity contribution >= 4 is 5.82 Å². The maximum atomic E-state index is 13.3. The summed E-state index contributed by atoms with van der Waals surface area (Å²) < 4.78 is 19.0. The van der Waals surface area contributed by atoms with Gasteiger partial charge in [0, 0.05) is 36.3 Å². The first-order valence-corrected chi connectivity index (χ1v) is 8.56. The molecule has 26 heavy (non-hydrogen) atoms. The Labute approximate surface area is 151 Å². The first-order valence-electron chi connectivity index (χ1n) is 8.56. The van der Waals surface area contributed by atoms with Crippen LogP contribution in [0.4, 0.5) is 10.2 Å². The van der Waals surface area contributed by atoms with Crippen LogP contribution in [0.2, 0.25) is 0 Å². The van der Waals surface area contributed by atoms with E-state index < -0.39 is 0 Å². The first kappa shape index (κ1) is 16.6. The molecule has 1 aliphatic heterocycles. The lowest BCUT2D eigenvalue weighted by atomic mass is 10.0. The zero-order chi connectivity index (χ0) is 17.9. The van der Waals surface area contributed by atoms with E-state index in [1.54, 1.807) is 24.5 Å². The van der Waals surface area contributed by atoms with Crippen LogP contribution < -0.4 is 4.90 Å². The summed E-state index contributed by atoms with van der Waals surface area (Å²) in [6.45, 7) is 3.84. The molecule has 1 fully saturated rings. The molecule has 0 saturated carbocycles. The molecule has 0 radical (unpaired) electrons. The van der Waals surface area contributed by atoms with E-state index in [4.69, 9.17) is 9.72 Å². The lowest BCUT2D eigenvalue weighted by Crippen LogP contribution is -2.40. The van der Waals surface area contributed by atoms with E-state index in [1.807, 2.05) is 25.1 Å². The largest absolute Gasteiger partial charge is 0.377 e. The zero-order valence-electron chi connectivity index (χ0n) is 14.5. The minimum atomic E-state index is -0.242. The van der Waals surface area contributed by atoms with E-state index in [1.165, 1.54) is 12.1 Å². The average Bonchev–Trinajstić information content (AvgIpc) is 2.69. The number of aromatic nitrogens is 3. The second-order valence-corrected chi connectivity index (χ2v) is 6.27. The Morgan fingerprint density at radius 3 is 2.77 bits per heavy atom. The molecule has 132 valence electrons. The Morgan fingerprint density at radius 1 is 1.15 bits per heavy atom. The van der Waals surface area contributed by atoms with Gasteiger partial charge in [0.1, 0.15) is 11.6 Å². The molecular formula is C20H19FN4O.